The first-order valence-corrected chi connectivity index (χ1v) is 8.64. The van der Waals surface area contributed by atoms with Gasteiger partial charge >= 0.3 is 12.0 Å². The van der Waals surface area contributed by atoms with Gasteiger partial charge in [-0.25, -0.2) is 4.79 Å². The van der Waals surface area contributed by atoms with E-state index < -0.39 is 30.4 Å². The predicted octanol–water partition coefficient (Wildman–Crippen LogP) is 2.84. The third-order valence-corrected chi connectivity index (χ3v) is 3.89. The van der Waals surface area contributed by atoms with Crippen molar-refractivity contribution in [1.82, 2.24) is 10.6 Å². The molecule has 0 aromatic heterocycles. The maximum absolute atomic E-state index is 12.4. The fourth-order valence-corrected chi connectivity index (χ4v) is 2.32. The summed E-state index contributed by atoms with van der Waals surface area (Å²) in [5.74, 6) is -1.19. The van der Waals surface area contributed by atoms with Gasteiger partial charge in [0.05, 0.1) is 5.92 Å². The highest BCUT2D eigenvalue weighted by atomic mass is 16.5. The molecule has 25 heavy (non-hydrogen) atoms. The van der Waals surface area contributed by atoms with Crippen LogP contribution in [0.15, 0.2) is 30.3 Å². The largest absolute Gasteiger partial charge is 0.455 e. The molecule has 0 saturated carbocycles. The summed E-state index contributed by atoms with van der Waals surface area (Å²) in [7, 11) is 0. The average molecular weight is 348 g/mol. The summed E-state index contributed by atoms with van der Waals surface area (Å²) in [6.07, 6.45) is 0.804. The van der Waals surface area contributed by atoms with Crippen LogP contribution in [-0.2, 0) is 14.3 Å². The zero-order chi connectivity index (χ0) is 18.8. The Kier molecular flexibility index (Phi) is 8.67. The van der Waals surface area contributed by atoms with Crippen molar-refractivity contribution >= 4 is 17.9 Å². The van der Waals surface area contributed by atoms with Crippen molar-refractivity contribution in [3.05, 3.63) is 35.9 Å². The van der Waals surface area contributed by atoms with E-state index in [1.165, 1.54) is 0 Å². The van der Waals surface area contributed by atoms with Gasteiger partial charge < -0.3 is 10.1 Å². The molecule has 138 valence electrons. The molecule has 0 aliphatic heterocycles. The molecule has 0 heterocycles. The summed E-state index contributed by atoms with van der Waals surface area (Å²) < 4.78 is 5.14. The average Bonchev–Trinajstić information content (AvgIpc) is 2.59. The number of rotatable bonds is 8. The molecule has 0 aliphatic rings. The lowest BCUT2D eigenvalue weighted by molar-refractivity contribution is -0.151. The van der Waals surface area contributed by atoms with E-state index in [1.54, 1.807) is 0 Å². The summed E-state index contributed by atoms with van der Waals surface area (Å²) in [6.45, 7) is 7.85. The number of ether oxygens (including phenoxy) is 1. The summed E-state index contributed by atoms with van der Waals surface area (Å²) in [6, 6.07) is 8.77. The summed E-state index contributed by atoms with van der Waals surface area (Å²) >= 11 is 0. The molecule has 2 N–H and O–H groups in total. The van der Waals surface area contributed by atoms with Crippen molar-refractivity contribution in [1.29, 1.82) is 0 Å². The fourth-order valence-electron chi connectivity index (χ4n) is 2.32. The minimum atomic E-state index is -0.648. The van der Waals surface area contributed by atoms with E-state index in [0.29, 0.717) is 6.54 Å². The molecule has 0 fully saturated rings. The fraction of sp³-hybridized carbons (Fsp3) is 0.526. The molecule has 6 nitrogen and oxygen atoms in total. The van der Waals surface area contributed by atoms with E-state index in [1.807, 2.05) is 58.0 Å². The highest BCUT2D eigenvalue weighted by molar-refractivity contribution is 5.95. The topological polar surface area (TPSA) is 84.5 Å². The number of hydrogen-bond acceptors (Lipinski definition) is 4. The van der Waals surface area contributed by atoms with Crippen molar-refractivity contribution in [2.45, 2.75) is 40.0 Å². The molecule has 3 amide bonds. The van der Waals surface area contributed by atoms with Crippen LogP contribution < -0.4 is 10.6 Å². The highest BCUT2D eigenvalue weighted by Gasteiger charge is 2.27. The number of hydrogen-bond donors (Lipinski definition) is 2. The second-order valence-corrected chi connectivity index (χ2v) is 6.53. The van der Waals surface area contributed by atoms with Crippen LogP contribution in [0.1, 0.15) is 45.6 Å². The number of esters is 1. The van der Waals surface area contributed by atoms with Crippen LogP contribution >= 0.6 is 0 Å². The molecule has 2 atom stereocenters. The lowest BCUT2D eigenvalue weighted by Gasteiger charge is -2.21. The normalized spacial score (nSPS) is 13.0. The lowest BCUT2D eigenvalue weighted by Crippen LogP contribution is -2.42. The van der Waals surface area contributed by atoms with Crippen LogP contribution in [-0.4, -0.2) is 31.1 Å². The van der Waals surface area contributed by atoms with Gasteiger partial charge in [0.15, 0.2) is 6.61 Å². The van der Waals surface area contributed by atoms with Gasteiger partial charge in [0.25, 0.3) is 5.91 Å². The molecule has 0 aliphatic carbocycles. The van der Waals surface area contributed by atoms with E-state index in [0.717, 1.165) is 12.0 Å². The van der Waals surface area contributed by atoms with Gasteiger partial charge in [-0.05, 0) is 17.4 Å². The number of amides is 3. The molecule has 0 spiro atoms. The SMILES string of the molecule is CC[C@@H](C)[C@@H](C(=O)OCC(=O)NC(=O)NCC(C)C)c1ccccc1. The second kappa shape index (κ2) is 10.5. The Labute approximate surface area is 149 Å². The van der Waals surface area contributed by atoms with Crippen molar-refractivity contribution in [3.8, 4) is 0 Å². The molecule has 1 aromatic rings. The first-order chi connectivity index (χ1) is 11.8. The Morgan fingerprint density at radius 2 is 1.72 bits per heavy atom. The van der Waals surface area contributed by atoms with E-state index in [2.05, 4.69) is 10.6 Å². The van der Waals surface area contributed by atoms with Gasteiger partial charge in [-0.2, -0.15) is 0 Å². The summed E-state index contributed by atoms with van der Waals surface area (Å²) in [5.41, 5.74) is 0.858. The monoisotopic (exact) mass is 348 g/mol. The van der Waals surface area contributed by atoms with Crippen LogP contribution in [0.2, 0.25) is 0 Å². The van der Waals surface area contributed by atoms with Crippen molar-refractivity contribution in [2.75, 3.05) is 13.2 Å². The van der Waals surface area contributed by atoms with Gasteiger partial charge in [0.2, 0.25) is 0 Å². The van der Waals surface area contributed by atoms with Crippen LogP contribution in [0.3, 0.4) is 0 Å². The number of nitrogens with one attached hydrogen (secondary N) is 2. The Hall–Kier alpha value is -2.37. The predicted molar refractivity (Wildman–Crippen MR) is 96.0 cm³/mol. The Bertz CT molecular complexity index is 572. The van der Waals surface area contributed by atoms with Crippen molar-refractivity contribution in [2.24, 2.45) is 11.8 Å². The van der Waals surface area contributed by atoms with E-state index in [-0.39, 0.29) is 11.8 Å². The molecule has 0 saturated heterocycles. The van der Waals surface area contributed by atoms with Crippen molar-refractivity contribution in [3.63, 3.8) is 0 Å². The van der Waals surface area contributed by atoms with E-state index >= 15 is 0 Å². The minimum absolute atomic E-state index is 0.0762. The molecule has 1 rings (SSSR count). The molecular formula is C19H28N2O4. The number of benzene rings is 1. The van der Waals surface area contributed by atoms with Gasteiger partial charge in [0, 0.05) is 6.54 Å². The van der Waals surface area contributed by atoms with E-state index in [4.69, 9.17) is 4.74 Å². The van der Waals surface area contributed by atoms with Crippen molar-refractivity contribution < 1.29 is 19.1 Å². The molecule has 0 unspecified atom stereocenters. The minimum Gasteiger partial charge on any atom is -0.455 e. The quantitative estimate of drug-likeness (QED) is 0.708. The summed E-state index contributed by atoms with van der Waals surface area (Å²) in [4.78, 5) is 35.7. The van der Waals surface area contributed by atoms with Gasteiger partial charge in [-0.1, -0.05) is 64.4 Å². The smallest absolute Gasteiger partial charge is 0.321 e. The molecule has 1 aromatic carbocycles. The Balaban J connectivity index is 2.57. The molecule has 0 radical (unpaired) electrons. The number of imide groups is 1. The maximum atomic E-state index is 12.4. The number of carbonyl (C=O) groups is 3. The standard InChI is InChI=1S/C19H28N2O4/c1-5-14(4)17(15-9-7-6-8-10-15)18(23)25-12-16(22)21-19(24)20-11-13(2)3/h6-10,13-14,17H,5,11-12H2,1-4H3,(H2,20,21,22,24)/t14-,17-/m1/s1. The molecule has 0 bridgehead atoms. The first-order valence-electron chi connectivity index (χ1n) is 8.64. The zero-order valence-electron chi connectivity index (χ0n) is 15.4. The molecular weight excluding hydrogens is 320 g/mol. The van der Waals surface area contributed by atoms with Crippen LogP contribution in [0.4, 0.5) is 4.79 Å². The number of urea groups is 1. The first kappa shape index (κ1) is 20.7. The second-order valence-electron chi connectivity index (χ2n) is 6.53. The van der Waals surface area contributed by atoms with E-state index in [9.17, 15) is 14.4 Å². The Morgan fingerprint density at radius 1 is 1.08 bits per heavy atom. The lowest BCUT2D eigenvalue weighted by atomic mass is 9.86. The maximum Gasteiger partial charge on any atom is 0.321 e. The van der Waals surface area contributed by atoms with Crippen LogP contribution in [0, 0.1) is 11.8 Å². The molecule has 6 heteroatoms. The highest BCUT2D eigenvalue weighted by Crippen LogP contribution is 2.28. The zero-order valence-corrected chi connectivity index (χ0v) is 15.4. The third kappa shape index (κ3) is 7.37. The van der Waals surface area contributed by atoms with Gasteiger partial charge in [0.1, 0.15) is 0 Å². The summed E-state index contributed by atoms with van der Waals surface area (Å²) in [5, 5.41) is 4.71. The van der Waals surface area contributed by atoms with Crippen LogP contribution in [0.25, 0.3) is 0 Å². The van der Waals surface area contributed by atoms with Gasteiger partial charge in [-0.15, -0.1) is 0 Å². The van der Waals surface area contributed by atoms with Crippen LogP contribution in [0.5, 0.6) is 0 Å². The third-order valence-electron chi connectivity index (χ3n) is 3.89. The van der Waals surface area contributed by atoms with Gasteiger partial charge in [-0.3, -0.25) is 14.9 Å². The number of carbonyl (C=O) groups excluding carboxylic acids is 3. The Morgan fingerprint density at radius 3 is 2.28 bits per heavy atom.